The van der Waals surface area contributed by atoms with E-state index in [4.69, 9.17) is 5.73 Å². The van der Waals surface area contributed by atoms with Crippen molar-refractivity contribution in [3.63, 3.8) is 0 Å². The summed E-state index contributed by atoms with van der Waals surface area (Å²) in [5.74, 6) is 0.925. The van der Waals surface area contributed by atoms with Gasteiger partial charge in [0.05, 0.1) is 6.54 Å². The number of rotatable bonds is 4. The molecule has 0 aromatic carbocycles. The Morgan fingerprint density at radius 2 is 2.20 bits per heavy atom. The Labute approximate surface area is 91.2 Å². The van der Waals surface area contributed by atoms with E-state index in [1.165, 1.54) is 12.8 Å². The lowest BCUT2D eigenvalue weighted by Crippen LogP contribution is -2.47. The average Bonchev–Trinajstić information content (AvgIpc) is 2.98. The van der Waals surface area contributed by atoms with Gasteiger partial charge in [-0.1, -0.05) is 0 Å². The smallest absolute Gasteiger partial charge is 0.234 e. The zero-order chi connectivity index (χ0) is 10.7. The molecule has 1 amide bonds. The van der Waals surface area contributed by atoms with Gasteiger partial charge in [0.2, 0.25) is 5.91 Å². The summed E-state index contributed by atoms with van der Waals surface area (Å²) in [7, 11) is 0. The third-order valence-electron chi connectivity index (χ3n) is 3.19. The fourth-order valence-electron chi connectivity index (χ4n) is 2.07. The summed E-state index contributed by atoms with van der Waals surface area (Å²) in [6, 6.07) is 0.259. The number of likely N-dealkylation sites (tertiary alicyclic amines) is 1. The van der Waals surface area contributed by atoms with Crippen molar-refractivity contribution >= 4 is 5.91 Å². The molecule has 4 heteroatoms. The highest BCUT2D eigenvalue weighted by Crippen LogP contribution is 2.27. The fourth-order valence-corrected chi connectivity index (χ4v) is 2.07. The third kappa shape index (κ3) is 3.80. The van der Waals surface area contributed by atoms with Gasteiger partial charge in [0.25, 0.3) is 0 Å². The van der Waals surface area contributed by atoms with Crippen molar-refractivity contribution in [1.29, 1.82) is 0 Å². The standard InChI is InChI=1S/C11H21N3O/c12-10-2-1-5-14(7-10)8-11(15)13-6-9-3-4-9/h9-10H,1-8,12H2,(H,13,15). The molecule has 0 aromatic rings. The molecule has 1 atom stereocenters. The second-order valence-corrected chi connectivity index (χ2v) is 4.88. The van der Waals surface area contributed by atoms with Crippen LogP contribution in [0.1, 0.15) is 25.7 Å². The van der Waals surface area contributed by atoms with E-state index in [1.54, 1.807) is 0 Å². The first-order chi connectivity index (χ1) is 7.24. The molecule has 0 radical (unpaired) electrons. The maximum Gasteiger partial charge on any atom is 0.234 e. The normalized spacial score (nSPS) is 27.7. The van der Waals surface area contributed by atoms with Gasteiger partial charge in [-0.25, -0.2) is 0 Å². The van der Waals surface area contributed by atoms with Crippen LogP contribution in [0.4, 0.5) is 0 Å². The zero-order valence-electron chi connectivity index (χ0n) is 9.24. The first-order valence-corrected chi connectivity index (χ1v) is 5.98. The first-order valence-electron chi connectivity index (χ1n) is 5.98. The number of carbonyl (C=O) groups is 1. The van der Waals surface area contributed by atoms with E-state index >= 15 is 0 Å². The van der Waals surface area contributed by atoms with Crippen LogP contribution in [0.15, 0.2) is 0 Å². The molecule has 2 rings (SSSR count). The molecule has 1 saturated heterocycles. The Balaban J connectivity index is 1.63. The highest BCUT2D eigenvalue weighted by atomic mass is 16.2. The lowest BCUT2D eigenvalue weighted by Gasteiger charge is -2.29. The summed E-state index contributed by atoms with van der Waals surface area (Å²) in [6.07, 6.45) is 4.79. The lowest BCUT2D eigenvalue weighted by atomic mass is 10.1. The largest absolute Gasteiger partial charge is 0.355 e. The second kappa shape index (κ2) is 4.94. The number of piperidine rings is 1. The Morgan fingerprint density at radius 3 is 2.87 bits per heavy atom. The predicted molar refractivity (Wildman–Crippen MR) is 59.4 cm³/mol. The van der Waals surface area contributed by atoms with E-state index in [2.05, 4.69) is 10.2 Å². The van der Waals surface area contributed by atoms with E-state index in [0.717, 1.165) is 38.4 Å². The molecule has 0 bridgehead atoms. The minimum atomic E-state index is 0.163. The molecular weight excluding hydrogens is 190 g/mol. The molecule has 0 aromatic heterocycles. The summed E-state index contributed by atoms with van der Waals surface area (Å²) in [5.41, 5.74) is 5.86. The second-order valence-electron chi connectivity index (χ2n) is 4.88. The third-order valence-corrected chi connectivity index (χ3v) is 3.19. The highest BCUT2D eigenvalue weighted by molar-refractivity contribution is 5.78. The monoisotopic (exact) mass is 211 g/mol. The van der Waals surface area contributed by atoms with Gasteiger partial charge < -0.3 is 11.1 Å². The fraction of sp³-hybridized carbons (Fsp3) is 0.909. The Kier molecular flexibility index (Phi) is 3.59. The number of nitrogens with two attached hydrogens (primary N) is 1. The molecule has 4 nitrogen and oxygen atoms in total. The van der Waals surface area contributed by atoms with Crippen LogP contribution in [0, 0.1) is 5.92 Å². The van der Waals surface area contributed by atoms with Crippen molar-refractivity contribution in [2.75, 3.05) is 26.2 Å². The van der Waals surface area contributed by atoms with Crippen molar-refractivity contribution in [3.8, 4) is 0 Å². The summed E-state index contributed by atoms with van der Waals surface area (Å²) < 4.78 is 0. The van der Waals surface area contributed by atoms with E-state index < -0.39 is 0 Å². The number of hydrogen-bond donors (Lipinski definition) is 2. The number of carbonyl (C=O) groups excluding carboxylic acids is 1. The van der Waals surface area contributed by atoms with E-state index in [1.807, 2.05) is 0 Å². The minimum Gasteiger partial charge on any atom is -0.355 e. The summed E-state index contributed by atoms with van der Waals surface area (Å²) in [5, 5.41) is 2.99. The van der Waals surface area contributed by atoms with Gasteiger partial charge in [-0.15, -0.1) is 0 Å². The summed E-state index contributed by atoms with van der Waals surface area (Å²) in [6.45, 7) is 3.29. The van der Waals surface area contributed by atoms with Crippen LogP contribution in [0.5, 0.6) is 0 Å². The van der Waals surface area contributed by atoms with Crippen molar-refractivity contribution in [1.82, 2.24) is 10.2 Å². The number of nitrogens with zero attached hydrogens (tertiary/aromatic N) is 1. The maximum atomic E-state index is 11.6. The van der Waals surface area contributed by atoms with Crippen LogP contribution < -0.4 is 11.1 Å². The SMILES string of the molecule is NC1CCCN(CC(=O)NCC2CC2)C1. The molecule has 3 N–H and O–H groups in total. The summed E-state index contributed by atoms with van der Waals surface area (Å²) in [4.78, 5) is 13.7. The molecule has 86 valence electrons. The van der Waals surface area contributed by atoms with Crippen LogP contribution in [0.2, 0.25) is 0 Å². The number of amides is 1. The van der Waals surface area contributed by atoms with Gasteiger partial charge in [-0.2, -0.15) is 0 Å². The van der Waals surface area contributed by atoms with Crippen molar-refractivity contribution in [2.45, 2.75) is 31.7 Å². The molecule has 1 aliphatic heterocycles. The predicted octanol–water partition coefficient (Wildman–Crippen LogP) is -0.0643. The van der Waals surface area contributed by atoms with Crippen molar-refractivity contribution < 1.29 is 4.79 Å². The van der Waals surface area contributed by atoms with Gasteiger partial charge in [0.15, 0.2) is 0 Å². The Morgan fingerprint density at radius 1 is 1.40 bits per heavy atom. The quantitative estimate of drug-likeness (QED) is 0.684. The van der Waals surface area contributed by atoms with Gasteiger partial charge >= 0.3 is 0 Å². The highest BCUT2D eigenvalue weighted by Gasteiger charge is 2.23. The molecular formula is C11H21N3O. The molecule has 1 heterocycles. The van der Waals surface area contributed by atoms with Crippen LogP contribution in [0.25, 0.3) is 0 Å². The Bertz CT molecular complexity index is 228. The van der Waals surface area contributed by atoms with Crippen LogP contribution in [0.3, 0.4) is 0 Å². The van der Waals surface area contributed by atoms with E-state index in [9.17, 15) is 4.79 Å². The van der Waals surface area contributed by atoms with E-state index in [-0.39, 0.29) is 11.9 Å². The average molecular weight is 211 g/mol. The molecule has 2 aliphatic rings. The van der Waals surface area contributed by atoms with Crippen molar-refractivity contribution in [3.05, 3.63) is 0 Å². The molecule has 2 fully saturated rings. The van der Waals surface area contributed by atoms with Gasteiger partial charge in [0, 0.05) is 19.1 Å². The van der Waals surface area contributed by atoms with Gasteiger partial charge in [-0.3, -0.25) is 9.69 Å². The molecule has 1 unspecified atom stereocenters. The topological polar surface area (TPSA) is 58.4 Å². The molecule has 0 spiro atoms. The van der Waals surface area contributed by atoms with Gasteiger partial charge in [0.1, 0.15) is 0 Å². The number of nitrogens with one attached hydrogen (secondary N) is 1. The van der Waals surface area contributed by atoms with E-state index in [0.29, 0.717) is 6.54 Å². The minimum absolute atomic E-state index is 0.163. The van der Waals surface area contributed by atoms with Crippen LogP contribution >= 0.6 is 0 Å². The number of hydrogen-bond acceptors (Lipinski definition) is 3. The molecule has 15 heavy (non-hydrogen) atoms. The van der Waals surface area contributed by atoms with Crippen LogP contribution in [-0.4, -0.2) is 43.0 Å². The van der Waals surface area contributed by atoms with Crippen LogP contribution in [-0.2, 0) is 4.79 Å². The maximum absolute atomic E-state index is 11.6. The zero-order valence-corrected chi connectivity index (χ0v) is 9.24. The van der Waals surface area contributed by atoms with Crippen molar-refractivity contribution in [2.24, 2.45) is 11.7 Å². The van der Waals surface area contributed by atoms with Gasteiger partial charge in [-0.05, 0) is 38.1 Å². The Hall–Kier alpha value is -0.610. The summed E-state index contributed by atoms with van der Waals surface area (Å²) >= 11 is 0. The lowest BCUT2D eigenvalue weighted by molar-refractivity contribution is -0.122. The molecule has 1 saturated carbocycles. The first kappa shape index (κ1) is 10.9. The molecule has 1 aliphatic carbocycles.